The first-order valence-electron chi connectivity index (χ1n) is 4.82. The molecular formula is C12H15BrO. The lowest BCUT2D eigenvalue weighted by molar-refractivity contribution is 0.102. The van der Waals surface area contributed by atoms with Gasteiger partial charge in [-0.2, -0.15) is 0 Å². The van der Waals surface area contributed by atoms with Crippen molar-refractivity contribution in [1.82, 2.24) is 0 Å². The monoisotopic (exact) mass is 254 g/mol. The molecule has 0 N–H and O–H groups in total. The number of carbonyl (C=O) groups is 1. The number of halogens is 1. The van der Waals surface area contributed by atoms with Crippen LogP contribution in [0.4, 0.5) is 0 Å². The second-order valence-corrected chi connectivity index (χ2v) is 4.37. The zero-order valence-electron chi connectivity index (χ0n) is 8.59. The van der Waals surface area contributed by atoms with Gasteiger partial charge in [-0.25, -0.2) is 0 Å². The van der Waals surface area contributed by atoms with E-state index in [0.717, 1.165) is 17.5 Å². The van der Waals surface area contributed by atoms with Crippen LogP contribution in [0.1, 0.15) is 29.8 Å². The molecule has 1 nitrogen and oxygen atoms in total. The van der Waals surface area contributed by atoms with E-state index in [1.54, 1.807) is 0 Å². The molecule has 0 saturated heterocycles. The Bertz CT molecular complexity index is 318. The Morgan fingerprint density at radius 1 is 1.36 bits per heavy atom. The molecule has 0 amide bonds. The van der Waals surface area contributed by atoms with Crippen LogP contribution in [0.2, 0.25) is 0 Å². The molecule has 0 heterocycles. The van der Waals surface area contributed by atoms with E-state index < -0.39 is 0 Å². The molecule has 0 fully saturated rings. The molecule has 0 unspecified atom stereocenters. The number of hydrogen-bond acceptors (Lipinski definition) is 1. The van der Waals surface area contributed by atoms with Gasteiger partial charge in [-0.1, -0.05) is 54.0 Å². The van der Waals surface area contributed by atoms with Crippen LogP contribution >= 0.6 is 15.9 Å². The molecule has 0 aliphatic carbocycles. The maximum atomic E-state index is 11.6. The molecule has 76 valence electrons. The highest BCUT2D eigenvalue weighted by Gasteiger charge is 2.09. The molecule has 2 heteroatoms. The van der Waals surface area contributed by atoms with Gasteiger partial charge < -0.3 is 0 Å². The summed E-state index contributed by atoms with van der Waals surface area (Å²) < 4.78 is 0. The first kappa shape index (κ1) is 11.4. The molecule has 0 aliphatic rings. The van der Waals surface area contributed by atoms with Gasteiger partial charge in [0.25, 0.3) is 0 Å². The first-order valence-corrected chi connectivity index (χ1v) is 5.94. The SMILES string of the molecule is CC(C)Cc1ccccc1C(=O)CBr. The number of hydrogen-bond donors (Lipinski definition) is 0. The number of rotatable bonds is 4. The van der Waals surface area contributed by atoms with Crippen molar-refractivity contribution in [2.24, 2.45) is 5.92 Å². The van der Waals surface area contributed by atoms with Crippen molar-refractivity contribution in [3.05, 3.63) is 35.4 Å². The molecule has 1 aromatic rings. The third-order valence-electron chi connectivity index (χ3n) is 2.07. The second kappa shape index (κ2) is 5.30. The minimum Gasteiger partial charge on any atom is -0.293 e. The zero-order valence-corrected chi connectivity index (χ0v) is 10.2. The third-order valence-corrected chi connectivity index (χ3v) is 2.58. The Morgan fingerprint density at radius 3 is 2.57 bits per heavy atom. The van der Waals surface area contributed by atoms with Gasteiger partial charge in [-0.3, -0.25) is 4.79 Å². The molecule has 0 radical (unpaired) electrons. The van der Waals surface area contributed by atoms with Crippen molar-refractivity contribution >= 4 is 21.7 Å². The molecule has 14 heavy (non-hydrogen) atoms. The van der Waals surface area contributed by atoms with Crippen molar-refractivity contribution in [3.63, 3.8) is 0 Å². The molecule has 0 atom stereocenters. The van der Waals surface area contributed by atoms with Crippen molar-refractivity contribution in [3.8, 4) is 0 Å². The average Bonchev–Trinajstić information content (AvgIpc) is 2.16. The van der Waals surface area contributed by atoms with Crippen LogP contribution in [-0.2, 0) is 6.42 Å². The van der Waals surface area contributed by atoms with E-state index in [1.165, 1.54) is 0 Å². The minimum absolute atomic E-state index is 0.168. The van der Waals surface area contributed by atoms with Gasteiger partial charge in [-0.05, 0) is 17.9 Å². The van der Waals surface area contributed by atoms with Crippen molar-refractivity contribution < 1.29 is 4.79 Å². The Hall–Kier alpha value is -0.630. The smallest absolute Gasteiger partial charge is 0.173 e. The van der Waals surface area contributed by atoms with Crippen molar-refractivity contribution in [2.75, 3.05) is 5.33 Å². The average molecular weight is 255 g/mol. The Kier molecular flexibility index (Phi) is 4.33. The first-order chi connectivity index (χ1) is 6.65. The van der Waals surface area contributed by atoms with E-state index in [1.807, 2.05) is 24.3 Å². The summed E-state index contributed by atoms with van der Waals surface area (Å²) in [5.41, 5.74) is 2.02. The largest absolute Gasteiger partial charge is 0.293 e. The lowest BCUT2D eigenvalue weighted by atomic mass is 9.96. The molecule has 1 aromatic carbocycles. The van der Waals surface area contributed by atoms with Gasteiger partial charge in [0, 0.05) is 5.56 Å². The summed E-state index contributed by atoms with van der Waals surface area (Å²) in [6, 6.07) is 7.85. The van der Waals surface area contributed by atoms with Gasteiger partial charge in [0.1, 0.15) is 0 Å². The van der Waals surface area contributed by atoms with Gasteiger partial charge in [0.2, 0.25) is 0 Å². The highest BCUT2D eigenvalue weighted by molar-refractivity contribution is 9.09. The third kappa shape index (κ3) is 2.95. The summed E-state index contributed by atoms with van der Waals surface area (Å²) in [6.07, 6.45) is 0.967. The predicted molar refractivity (Wildman–Crippen MR) is 63.1 cm³/mol. The number of alkyl halides is 1. The van der Waals surface area contributed by atoms with Gasteiger partial charge >= 0.3 is 0 Å². The Labute approximate surface area is 93.7 Å². The number of Topliss-reactive ketones (excluding diaryl/α,β-unsaturated/α-hetero) is 1. The molecule has 0 spiro atoms. The highest BCUT2D eigenvalue weighted by Crippen LogP contribution is 2.15. The standard InChI is InChI=1S/C12H15BrO/c1-9(2)7-10-5-3-4-6-11(10)12(14)8-13/h3-6,9H,7-8H2,1-2H3. The van der Waals surface area contributed by atoms with Gasteiger partial charge in [-0.15, -0.1) is 0 Å². The molecule has 0 aliphatic heterocycles. The quantitative estimate of drug-likeness (QED) is 0.594. The zero-order chi connectivity index (χ0) is 10.6. The molecule has 0 aromatic heterocycles. The van der Waals surface area contributed by atoms with E-state index >= 15 is 0 Å². The maximum Gasteiger partial charge on any atom is 0.173 e. The maximum absolute atomic E-state index is 11.6. The molecule has 0 bridgehead atoms. The molecule has 1 rings (SSSR count). The minimum atomic E-state index is 0.168. The molecule has 0 saturated carbocycles. The fourth-order valence-electron chi connectivity index (χ4n) is 1.48. The molecular weight excluding hydrogens is 240 g/mol. The summed E-state index contributed by atoms with van der Waals surface area (Å²) in [7, 11) is 0. The van der Waals surface area contributed by atoms with Crippen molar-refractivity contribution in [2.45, 2.75) is 20.3 Å². The summed E-state index contributed by atoms with van der Waals surface area (Å²) in [4.78, 5) is 11.6. The second-order valence-electron chi connectivity index (χ2n) is 3.81. The lowest BCUT2D eigenvalue weighted by Gasteiger charge is -2.09. The summed E-state index contributed by atoms with van der Waals surface area (Å²) in [6.45, 7) is 4.32. The van der Waals surface area contributed by atoms with Gasteiger partial charge in [0.05, 0.1) is 5.33 Å². The van der Waals surface area contributed by atoms with Crippen molar-refractivity contribution in [1.29, 1.82) is 0 Å². The van der Waals surface area contributed by atoms with E-state index in [-0.39, 0.29) is 5.78 Å². The van der Waals surface area contributed by atoms with Crippen LogP contribution in [-0.4, -0.2) is 11.1 Å². The number of benzene rings is 1. The van der Waals surface area contributed by atoms with Gasteiger partial charge in [0.15, 0.2) is 5.78 Å². The number of ketones is 1. The Morgan fingerprint density at radius 2 is 2.00 bits per heavy atom. The topological polar surface area (TPSA) is 17.1 Å². The fourth-order valence-corrected chi connectivity index (χ4v) is 1.78. The Balaban J connectivity index is 2.97. The highest BCUT2D eigenvalue weighted by atomic mass is 79.9. The van der Waals surface area contributed by atoms with Crippen LogP contribution < -0.4 is 0 Å². The normalized spacial score (nSPS) is 10.6. The van der Waals surface area contributed by atoms with E-state index in [4.69, 9.17) is 0 Å². The van der Waals surface area contributed by atoms with Crippen LogP contribution in [0.15, 0.2) is 24.3 Å². The van der Waals surface area contributed by atoms with Crippen LogP contribution in [0.25, 0.3) is 0 Å². The van der Waals surface area contributed by atoms with E-state index in [2.05, 4.69) is 29.8 Å². The van der Waals surface area contributed by atoms with Crippen LogP contribution in [0.3, 0.4) is 0 Å². The number of carbonyl (C=O) groups excluding carboxylic acids is 1. The predicted octanol–water partition coefficient (Wildman–Crippen LogP) is 3.46. The summed E-state index contributed by atoms with van der Waals surface area (Å²) in [5, 5.41) is 0.405. The summed E-state index contributed by atoms with van der Waals surface area (Å²) >= 11 is 3.20. The van der Waals surface area contributed by atoms with Crippen LogP contribution in [0.5, 0.6) is 0 Å². The van der Waals surface area contributed by atoms with Crippen LogP contribution in [0, 0.1) is 5.92 Å². The van der Waals surface area contributed by atoms with E-state index in [9.17, 15) is 4.79 Å². The fraction of sp³-hybridized carbons (Fsp3) is 0.417. The lowest BCUT2D eigenvalue weighted by Crippen LogP contribution is -2.06. The van der Waals surface area contributed by atoms with E-state index in [0.29, 0.717) is 11.2 Å². The summed E-state index contributed by atoms with van der Waals surface area (Å²) in [5.74, 6) is 0.750.